The van der Waals surface area contributed by atoms with Gasteiger partial charge < -0.3 is 19.6 Å². The molecule has 8 heteroatoms. The van der Waals surface area contributed by atoms with Crippen molar-refractivity contribution in [1.29, 1.82) is 0 Å². The standard InChI is InChI=1S/C18H18N2O5S/c1-8-10(3)26-17-14(8)16(22)19-15(20-17)9(2)25-18(23)12-6-5-11(24-4)7-13(12)21/h5-7,9,21H,1-4H3,(H,19,20,22)/t9-/m0/s1. The van der Waals surface area contributed by atoms with Gasteiger partial charge in [0.15, 0.2) is 11.9 Å². The summed E-state index contributed by atoms with van der Waals surface area (Å²) in [4.78, 5) is 33.4. The summed E-state index contributed by atoms with van der Waals surface area (Å²) < 4.78 is 10.3. The van der Waals surface area contributed by atoms with Crippen molar-refractivity contribution in [3.05, 3.63) is 50.4 Å². The van der Waals surface area contributed by atoms with Crippen LogP contribution in [0, 0.1) is 13.8 Å². The number of benzene rings is 1. The molecule has 0 aliphatic heterocycles. The van der Waals surface area contributed by atoms with Crippen LogP contribution in [0.25, 0.3) is 10.2 Å². The summed E-state index contributed by atoms with van der Waals surface area (Å²) in [6.07, 6.45) is -0.788. The molecular formula is C18H18N2O5S. The van der Waals surface area contributed by atoms with Gasteiger partial charge in [0.25, 0.3) is 5.56 Å². The highest BCUT2D eigenvalue weighted by molar-refractivity contribution is 7.18. The number of rotatable bonds is 4. The van der Waals surface area contributed by atoms with Gasteiger partial charge in [-0.2, -0.15) is 0 Å². The van der Waals surface area contributed by atoms with E-state index < -0.39 is 12.1 Å². The van der Waals surface area contributed by atoms with E-state index in [9.17, 15) is 14.7 Å². The minimum absolute atomic E-state index is 0.00360. The second kappa shape index (κ2) is 6.80. The average molecular weight is 374 g/mol. The largest absolute Gasteiger partial charge is 0.507 e. The molecule has 0 saturated carbocycles. The zero-order valence-electron chi connectivity index (χ0n) is 14.7. The molecule has 0 fully saturated rings. The maximum atomic E-state index is 12.3. The number of nitrogens with zero attached hydrogens (tertiary/aromatic N) is 1. The molecule has 0 aliphatic carbocycles. The number of aromatic hydroxyl groups is 1. The number of carbonyl (C=O) groups excluding carboxylic acids is 1. The first kappa shape index (κ1) is 17.9. The van der Waals surface area contributed by atoms with Crippen LogP contribution in [-0.4, -0.2) is 28.2 Å². The SMILES string of the molecule is COc1ccc(C(=O)O[C@@H](C)c2nc3sc(C)c(C)c3c(=O)[nH]2)c(O)c1. The zero-order valence-corrected chi connectivity index (χ0v) is 15.6. The van der Waals surface area contributed by atoms with E-state index in [0.717, 1.165) is 10.4 Å². The maximum absolute atomic E-state index is 12.3. The fraction of sp³-hybridized carbons (Fsp3) is 0.278. The molecule has 136 valence electrons. The summed E-state index contributed by atoms with van der Waals surface area (Å²) in [5.74, 6) is -0.293. The van der Waals surface area contributed by atoms with E-state index in [-0.39, 0.29) is 22.7 Å². The van der Waals surface area contributed by atoms with Crippen molar-refractivity contribution < 1.29 is 19.4 Å². The van der Waals surface area contributed by atoms with Gasteiger partial charge in [-0.05, 0) is 38.5 Å². The van der Waals surface area contributed by atoms with Gasteiger partial charge in [0.05, 0.1) is 12.5 Å². The first-order chi connectivity index (χ1) is 12.3. The fourth-order valence-electron chi connectivity index (χ4n) is 2.55. The van der Waals surface area contributed by atoms with Crippen LogP contribution in [0.15, 0.2) is 23.0 Å². The number of aromatic amines is 1. The lowest BCUT2D eigenvalue weighted by atomic mass is 10.2. The highest BCUT2D eigenvalue weighted by Crippen LogP contribution is 2.28. The number of hydrogen-bond donors (Lipinski definition) is 2. The minimum atomic E-state index is -0.788. The number of carbonyl (C=O) groups is 1. The number of thiophene rings is 1. The van der Waals surface area contributed by atoms with Crippen LogP contribution in [-0.2, 0) is 4.74 Å². The van der Waals surface area contributed by atoms with E-state index in [1.54, 1.807) is 13.0 Å². The van der Waals surface area contributed by atoms with Crippen LogP contribution in [0.4, 0.5) is 0 Å². The fourth-order valence-corrected chi connectivity index (χ4v) is 3.59. The molecule has 1 aromatic carbocycles. The third-order valence-electron chi connectivity index (χ3n) is 4.15. The number of hydrogen-bond acceptors (Lipinski definition) is 7. The lowest BCUT2D eigenvalue weighted by Gasteiger charge is -2.13. The molecule has 3 aromatic rings. The highest BCUT2D eigenvalue weighted by atomic mass is 32.1. The summed E-state index contributed by atoms with van der Waals surface area (Å²) in [6, 6.07) is 4.28. The van der Waals surface area contributed by atoms with Crippen molar-refractivity contribution in [3.8, 4) is 11.5 Å². The Hall–Kier alpha value is -2.87. The predicted molar refractivity (Wildman–Crippen MR) is 98.2 cm³/mol. The Morgan fingerprint density at radius 3 is 2.73 bits per heavy atom. The number of aromatic nitrogens is 2. The van der Waals surface area contributed by atoms with Gasteiger partial charge in [0.1, 0.15) is 21.9 Å². The molecule has 0 spiro atoms. The summed E-state index contributed by atoms with van der Waals surface area (Å²) in [7, 11) is 1.46. The Morgan fingerprint density at radius 2 is 2.08 bits per heavy atom. The van der Waals surface area contributed by atoms with Gasteiger partial charge in [0, 0.05) is 10.9 Å². The molecule has 2 heterocycles. The van der Waals surface area contributed by atoms with Gasteiger partial charge >= 0.3 is 5.97 Å². The van der Waals surface area contributed by atoms with Crippen LogP contribution < -0.4 is 10.3 Å². The van der Waals surface area contributed by atoms with E-state index in [1.165, 1.54) is 30.6 Å². The molecule has 0 aliphatic rings. The number of nitrogens with one attached hydrogen (secondary N) is 1. The van der Waals surface area contributed by atoms with Crippen molar-refractivity contribution >= 4 is 27.5 Å². The van der Waals surface area contributed by atoms with Gasteiger partial charge in [0.2, 0.25) is 0 Å². The Balaban J connectivity index is 1.88. The smallest absolute Gasteiger partial charge is 0.342 e. The number of H-pyrrole nitrogens is 1. The van der Waals surface area contributed by atoms with Crippen molar-refractivity contribution in [2.24, 2.45) is 0 Å². The minimum Gasteiger partial charge on any atom is -0.507 e. The van der Waals surface area contributed by atoms with Gasteiger partial charge in [-0.1, -0.05) is 0 Å². The lowest BCUT2D eigenvalue weighted by Crippen LogP contribution is -2.17. The maximum Gasteiger partial charge on any atom is 0.342 e. The van der Waals surface area contributed by atoms with Gasteiger partial charge in [-0.25, -0.2) is 9.78 Å². The van der Waals surface area contributed by atoms with Crippen LogP contribution in [0.1, 0.15) is 39.7 Å². The molecule has 0 saturated heterocycles. The average Bonchev–Trinajstić information content (AvgIpc) is 2.89. The van der Waals surface area contributed by atoms with E-state index >= 15 is 0 Å². The van der Waals surface area contributed by atoms with Crippen molar-refractivity contribution in [3.63, 3.8) is 0 Å². The van der Waals surface area contributed by atoms with Gasteiger partial charge in [-0.3, -0.25) is 4.79 Å². The molecule has 7 nitrogen and oxygen atoms in total. The molecule has 3 rings (SSSR count). The van der Waals surface area contributed by atoms with Crippen molar-refractivity contribution in [1.82, 2.24) is 9.97 Å². The Morgan fingerprint density at radius 1 is 1.35 bits per heavy atom. The third kappa shape index (κ3) is 3.15. The van der Waals surface area contributed by atoms with E-state index in [2.05, 4.69) is 9.97 Å². The van der Waals surface area contributed by atoms with Gasteiger partial charge in [-0.15, -0.1) is 11.3 Å². The van der Waals surface area contributed by atoms with E-state index in [1.807, 2.05) is 13.8 Å². The zero-order chi connectivity index (χ0) is 19.0. The second-order valence-electron chi connectivity index (χ2n) is 5.85. The van der Waals surface area contributed by atoms with Crippen LogP contribution in [0.5, 0.6) is 11.5 Å². The molecule has 2 N–H and O–H groups in total. The molecule has 26 heavy (non-hydrogen) atoms. The first-order valence-corrected chi connectivity index (χ1v) is 8.71. The number of phenolic OH excluding ortho intramolecular Hbond substituents is 1. The first-order valence-electron chi connectivity index (χ1n) is 7.89. The van der Waals surface area contributed by atoms with Crippen LogP contribution >= 0.6 is 11.3 Å². The lowest BCUT2D eigenvalue weighted by molar-refractivity contribution is 0.0317. The molecule has 0 amide bonds. The van der Waals surface area contributed by atoms with E-state index in [4.69, 9.17) is 9.47 Å². The Bertz CT molecular complexity index is 1050. The topological polar surface area (TPSA) is 102 Å². The quantitative estimate of drug-likeness (QED) is 0.680. The monoisotopic (exact) mass is 374 g/mol. The van der Waals surface area contributed by atoms with Crippen LogP contribution in [0.2, 0.25) is 0 Å². The normalized spacial score (nSPS) is 12.2. The molecule has 0 bridgehead atoms. The summed E-state index contributed by atoms with van der Waals surface area (Å²) >= 11 is 1.42. The molecular weight excluding hydrogens is 356 g/mol. The number of aryl methyl sites for hydroxylation is 2. The Labute approximate surface area is 153 Å². The summed E-state index contributed by atoms with van der Waals surface area (Å²) in [6.45, 7) is 5.41. The molecule has 0 radical (unpaired) electrons. The molecule has 1 atom stereocenters. The number of phenols is 1. The summed E-state index contributed by atoms with van der Waals surface area (Å²) in [5.41, 5.74) is 0.643. The Kier molecular flexibility index (Phi) is 4.69. The van der Waals surface area contributed by atoms with E-state index in [0.29, 0.717) is 16.0 Å². The summed E-state index contributed by atoms with van der Waals surface area (Å²) in [5, 5.41) is 10.5. The third-order valence-corrected chi connectivity index (χ3v) is 5.25. The van der Waals surface area contributed by atoms with Crippen LogP contribution in [0.3, 0.4) is 0 Å². The van der Waals surface area contributed by atoms with Crippen molar-refractivity contribution in [2.45, 2.75) is 26.9 Å². The molecule has 0 unspecified atom stereocenters. The number of esters is 1. The molecule has 2 aromatic heterocycles. The number of ether oxygens (including phenoxy) is 2. The predicted octanol–water partition coefficient (Wildman–Crippen LogP) is 3.23. The highest BCUT2D eigenvalue weighted by Gasteiger charge is 2.21. The number of methoxy groups -OCH3 is 1. The van der Waals surface area contributed by atoms with Crippen molar-refractivity contribution in [2.75, 3.05) is 7.11 Å². The second-order valence-corrected chi connectivity index (χ2v) is 7.05. The number of fused-ring (bicyclic) bond motifs is 1.